The molecule has 1 aliphatic carbocycles. The lowest BCUT2D eigenvalue weighted by atomic mass is 9.71. The molecule has 86 valence electrons. The number of rotatable bonds is 3. The molecular formula is C12H20O3. The van der Waals surface area contributed by atoms with Crippen LogP contribution in [0, 0.1) is 5.41 Å². The highest BCUT2D eigenvalue weighted by molar-refractivity contribution is 5.78. The van der Waals surface area contributed by atoms with Gasteiger partial charge in [-0.3, -0.25) is 4.79 Å². The molecular weight excluding hydrogens is 192 g/mol. The Bertz CT molecular complexity index is 291. The summed E-state index contributed by atoms with van der Waals surface area (Å²) in [6.07, 6.45) is 3.41. The van der Waals surface area contributed by atoms with E-state index in [1.165, 1.54) is 0 Å². The van der Waals surface area contributed by atoms with Crippen molar-refractivity contribution >= 4 is 5.97 Å². The van der Waals surface area contributed by atoms with Gasteiger partial charge in [-0.05, 0) is 46.1 Å². The Hall–Kier alpha value is -0.830. The third-order valence-corrected chi connectivity index (χ3v) is 3.43. The summed E-state index contributed by atoms with van der Waals surface area (Å²) in [5.74, 6) is -0.331. The number of aliphatic hydroxyl groups is 1. The predicted octanol–water partition coefficient (Wildman–Crippen LogP) is 2.05. The number of hydrogen-bond acceptors (Lipinski definition) is 3. The van der Waals surface area contributed by atoms with Gasteiger partial charge in [0.05, 0.1) is 12.0 Å². The SMILES string of the molecule is CCOC(=O)C(C)(C)C1(O)CCC=C1C. The Morgan fingerprint density at radius 3 is 2.67 bits per heavy atom. The summed E-state index contributed by atoms with van der Waals surface area (Å²) in [4.78, 5) is 11.8. The molecule has 0 aromatic carbocycles. The molecule has 3 nitrogen and oxygen atoms in total. The van der Waals surface area contributed by atoms with Gasteiger partial charge < -0.3 is 9.84 Å². The lowest BCUT2D eigenvalue weighted by molar-refractivity contribution is -0.166. The van der Waals surface area contributed by atoms with Crippen LogP contribution in [0.15, 0.2) is 11.6 Å². The minimum Gasteiger partial charge on any atom is -0.465 e. The molecule has 0 fully saturated rings. The molecule has 0 spiro atoms. The van der Waals surface area contributed by atoms with Crippen LogP contribution in [0.1, 0.15) is 40.5 Å². The summed E-state index contributed by atoms with van der Waals surface area (Å²) in [6.45, 7) is 7.48. The highest BCUT2D eigenvalue weighted by atomic mass is 16.5. The maximum Gasteiger partial charge on any atom is 0.314 e. The van der Waals surface area contributed by atoms with E-state index in [-0.39, 0.29) is 5.97 Å². The smallest absolute Gasteiger partial charge is 0.314 e. The fraction of sp³-hybridized carbons (Fsp3) is 0.750. The van der Waals surface area contributed by atoms with Crippen molar-refractivity contribution in [1.82, 2.24) is 0 Å². The minimum absolute atomic E-state index is 0.331. The Balaban J connectivity index is 2.94. The second-order valence-corrected chi connectivity index (χ2v) is 4.63. The van der Waals surface area contributed by atoms with E-state index in [9.17, 15) is 9.90 Å². The van der Waals surface area contributed by atoms with Crippen molar-refractivity contribution in [3.63, 3.8) is 0 Å². The van der Waals surface area contributed by atoms with E-state index in [0.29, 0.717) is 13.0 Å². The van der Waals surface area contributed by atoms with Gasteiger partial charge in [-0.2, -0.15) is 0 Å². The van der Waals surface area contributed by atoms with Crippen molar-refractivity contribution in [1.29, 1.82) is 0 Å². The number of ether oxygens (including phenoxy) is 1. The molecule has 1 atom stereocenters. The fourth-order valence-corrected chi connectivity index (χ4v) is 2.15. The largest absolute Gasteiger partial charge is 0.465 e. The van der Waals surface area contributed by atoms with Gasteiger partial charge in [0.25, 0.3) is 0 Å². The summed E-state index contributed by atoms with van der Waals surface area (Å²) in [5, 5.41) is 10.5. The van der Waals surface area contributed by atoms with E-state index >= 15 is 0 Å². The fourth-order valence-electron chi connectivity index (χ4n) is 2.15. The lowest BCUT2D eigenvalue weighted by Gasteiger charge is -2.39. The molecule has 0 saturated heterocycles. The van der Waals surface area contributed by atoms with E-state index in [1.54, 1.807) is 20.8 Å². The molecule has 0 aromatic rings. The van der Waals surface area contributed by atoms with Gasteiger partial charge in [0.1, 0.15) is 5.60 Å². The van der Waals surface area contributed by atoms with Crippen LogP contribution in [-0.4, -0.2) is 23.3 Å². The summed E-state index contributed by atoms with van der Waals surface area (Å²) in [6, 6.07) is 0. The number of carbonyl (C=O) groups excluding carboxylic acids is 1. The van der Waals surface area contributed by atoms with E-state index in [1.807, 2.05) is 13.0 Å². The van der Waals surface area contributed by atoms with Crippen molar-refractivity contribution in [2.45, 2.75) is 46.1 Å². The van der Waals surface area contributed by atoms with Crippen LogP contribution in [0.25, 0.3) is 0 Å². The van der Waals surface area contributed by atoms with Gasteiger partial charge in [-0.15, -0.1) is 0 Å². The molecule has 15 heavy (non-hydrogen) atoms. The molecule has 0 aliphatic heterocycles. The first-order valence-electron chi connectivity index (χ1n) is 5.43. The van der Waals surface area contributed by atoms with Crippen LogP contribution < -0.4 is 0 Å². The molecule has 0 saturated carbocycles. The summed E-state index contributed by atoms with van der Waals surface area (Å²) in [5.41, 5.74) is -1.04. The van der Waals surface area contributed by atoms with E-state index in [4.69, 9.17) is 4.74 Å². The van der Waals surface area contributed by atoms with Crippen LogP contribution in [0.3, 0.4) is 0 Å². The summed E-state index contributed by atoms with van der Waals surface area (Å²) in [7, 11) is 0. The molecule has 1 unspecified atom stereocenters. The molecule has 0 bridgehead atoms. The first kappa shape index (κ1) is 12.2. The van der Waals surface area contributed by atoms with Crippen molar-refractivity contribution in [2.24, 2.45) is 5.41 Å². The quantitative estimate of drug-likeness (QED) is 0.575. The van der Waals surface area contributed by atoms with Crippen molar-refractivity contribution in [3.05, 3.63) is 11.6 Å². The number of carbonyl (C=O) groups is 1. The Morgan fingerprint density at radius 1 is 1.67 bits per heavy atom. The monoisotopic (exact) mass is 212 g/mol. The van der Waals surface area contributed by atoms with E-state index in [2.05, 4.69) is 0 Å². The Morgan fingerprint density at radius 2 is 2.27 bits per heavy atom. The molecule has 1 rings (SSSR count). The predicted molar refractivity (Wildman–Crippen MR) is 58.4 cm³/mol. The second-order valence-electron chi connectivity index (χ2n) is 4.63. The second kappa shape index (κ2) is 3.97. The number of allylic oxidation sites excluding steroid dienone is 1. The zero-order valence-corrected chi connectivity index (χ0v) is 9.96. The van der Waals surface area contributed by atoms with Gasteiger partial charge in [-0.25, -0.2) is 0 Å². The third kappa shape index (κ3) is 1.81. The maximum absolute atomic E-state index is 11.8. The average Bonchev–Trinajstić information content (AvgIpc) is 2.49. The molecule has 1 N–H and O–H groups in total. The molecule has 0 heterocycles. The van der Waals surface area contributed by atoms with Gasteiger partial charge in [0, 0.05) is 0 Å². The highest BCUT2D eigenvalue weighted by Crippen LogP contribution is 2.44. The van der Waals surface area contributed by atoms with Crippen molar-refractivity contribution < 1.29 is 14.6 Å². The van der Waals surface area contributed by atoms with Gasteiger partial charge in [-0.1, -0.05) is 6.08 Å². The van der Waals surface area contributed by atoms with E-state index in [0.717, 1.165) is 12.0 Å². The normalized spacial score (nSPS) is 26.3. The topological polar surface area (TPSA) is 46.5 Å². The number of esters is 1. The molecule has 0 aromatic heterocycles. The highest BCUT2D eigenvalue weighted by Gasteiger charge is 2.52. The zero-order valence-electron chi connectivity index (χ0n) is 9.96. The zero-order chi connectivity index (χ0) is 11.7. The van der Waals surface area contributed by atoms with Crippen LogP contribution in [0.2, 0.25) is 0 Å². The molecule has 0 amide bonds. The first-order chi connectivity index (χ1) is 6.86. The van der Waals surface area contributed by atoms with Gasteiger partial charge >= 0.3 is 5.97 Å². The Labute approximate surface area is 91.1 Å². The summed E-state index contributed by atoms with van der Waals surface area (Å²) < 4.78 is 5.01. The maximum atomic E-state index is 11.8. The number of hydrogen-bond donors (Lipinski definition) is 1. The minimum atomic E-state index is -1.04. The van der Waals surface area contributed by atoms with Crippen LogP contribution >= 0.6 is 0 Å². The third-order valence-electron chi connectivity index (χ3n) is 3.43. The molecule has 3 heteroatoms. The first-order valence-corrected chi connectivity index (χ1v) is 5.43. The molecule has 0 radical (unpaired) electrons. The lowest BCUT2D eigenvalue weighted by Crippen LogP contribution is -2.49. The summed E-state index contributed by atoms with van der Waals surface area (Å²) >= 11 is 0. The van der Waals surface area contributed by atoms with Crippen LogP contribution in [-0.2, 0) is 9.53 Å². The van der Waals surface area contributed by atoms with Gasteiger partial charge in [0.2, 0.25) is 0 Å². The van der Waals surface area contributed by atoms with Crippen LogP contribution in [0.5, 0.6) is 0 Å². The van der Waals surface area contributed by atoms with Gasteiger partial charge in [0.15, 0.2) is 0 Å². The average molecular weight is 212 g/mol. The van der Waals surface area contributed by atoms with Crippen molar-refractivity contribution in [2.75, 3.05) is 6.61 Å². The standard InChI is InChI=1S/C12H20O3/c1-5-15-10(13)11(3,4)12(14)8-6-7-9(12)2/h7,14H,5-6,8H2,1-4H3. The Kier molecular flexibility index (Phi) is 3.24. The van der Waals surface area contributed by atoms with Crippen LogP contribution in [0.4, 0.5) is 0 Å². The van der Waals surface area contributed by atoms with E-state index < -0.39 is 11.0 Å². The molecule has 1 aliphatic rings. The van der Waals surface area contributed by atoms with Crippen molar-refractivity contribution in [3.8, 4) is 0 Å².